The summed E-state index contributed by atoms with van der Waals surface area (Å²) in [5, 5.41) is 2.02. The average molecular weight is 321 g/mol. The predicted octanol–water partition coefficient (Wildman–Crippen LogP) is 4.14. The van der Waals surface area contributed by atoms with Gasteiger partial charge in [-0.05, 0) is 33.6 Å². The second-order valence-corrected chi connectivity index (χ2v) is 5.73. The topological polar surface area (TPSA) is 26.0 Å². The molecule has 0 radical (unpaired) electrons. The Bertz CT molecular complexity index is 450. The molecule has 2 aromatic rings. The Morgan fingerprint density at radius 2 is 2.15 bits per heavy atom. The van der Waals surface area contributed by atoms with E-state index in [0.29, 0.717) is 0 Å². The van der Waals surface area contributed by atoms with Crippen LogP contribution in [0.3, 0.4) is 0 Å². The molecule has 0 saturated heterocycles. The maximum Gasteiger partial charge on any atom is 0.0711 e. The van der Waals surface area contributed by atoms with E-state index >= 15 is 0 Å². The third-order valence-electron chi connectivity index (χ3n) is 1.91. The zero-order valence-corrected chi connectivity index (χ0v) is 10.7. The highest BCUT2D eigenvalue weighted by atomic mass is 79.9. The Balaban J connectivity index is 2.83. The van der Waals surface area contributed by atoms with Crippen molar-refractivity contribution in [3.8, 4) is 0 Å². The smallest absolute Gasteiger partial charge is 0.0711 e. The summed E-state index contributed by atoms with van der Waals surface area (Å²) >= 11 is 8.66. The Hall–Kier alpha value is -0.0600. The molecule has 1 aromatic heterocycles. The van der Waals surface area contributed by atoms with E-state index in [1.807, 2.05) is 6.07 Å². The van der Waals surface area contributed by atoms with Gasteiger partial charge in [0.05, 0.1) is 3.79 Å². The molecule has 1 aromatic carbocycles. The van der Waals surface area contributed by atoms with Gasteiger partial charge in [-0.2, -0.15) is 0 Å². The van der Waals surface area contributed by atoms with Gasteiger partial charge in [-0.25, -0.2) is 0 Å². The highest BCUT2D eigenvalue weighted by Crippen LogP contribution is 2.36. The molecular weight excluding hydrogens is 314 g/mol. The Labute approximate surface area is 97.2 Å². The third-order valence-corrected chi connectivity index (χ3v) is 4.23. The zero-order valence-electron chi connectivity index (χ0n) is 6.68. The highest BCUT2D eigenvalue weighted by molar-refractivity contribution is 9.11. The summed E-state index contributed by atoms with van der Waals surface area (Å²) in [6.07, 6.45) is 0. The lowest BCUT2D eigenvalue weighted by molar-refractivity contribution is 1.51. The number of hydrogen-bond acceptors (Lipinski definition) is 2. The fourth-order valence-corrected chi connectivity index (χ4v) is 3.57. The van der Waals surface area contributed by atoms with Gasteiger partial charge in [-0.3, -0.25) is 0 Å². The van der Waals surface area contributed by atoms with Crippen LogP contribution in [0.15, 0.2) is 22.0 Å². The van der Waals surface area contributed by atoms with Crippen LogP contribution in [0.5, 0.6) is 0 Å². The van der Waals surface area contributed by atoms with Crippen molar-refractivity contribution in [3.05, 3.63) is 27.5 Å². The lowest BCUT2D eigenvalue weighted by Gasteiger charge is -2.00. The number of hydrogen-bond donors (Lipinski definition) is 1. The van der Waals surface area contributed by atoms with Gasteiger partial charge in [0.25, 0.3) is 0 Å². The summed E-state index contributed by atoms with van der Waals surface area (Å²) < 4.78 is 2.39. The molecule has 4 heteroatoms. The third kappa shape index (κ3) is 1.63. The molecule has 1 nitrogen and oxygen atoms in total. The van der Waals surface area contributed by atoms with Crippen molar-refractivity contribution < 1.29 is 0 Å². The summed E-state index contributed by atoms with van der Waals surface area (Å²) in [7, 11) is 0. The molecule has 0 saturated carbocycles. The number of thiophene rings is 1. The van der Waals surface area contributed by atoms with Crippen molar-refractivity contribution >= 4 is 59.0 Å². The molecule has 0 amide bonds. The molecule has 2 rings (SSSR count). The van der Waals surface area contributed by atoms with Crippen LogP contribution in [-0.4, -0.2) is 0 Å². The monoisotopic (exact) mass is 319 g/mol. The summed E-state index contributed by atoms with van der Waals surface area (Å²) in [6, 6.07) is 6.09. The first-order chi connectivity index (χ1) is 6.22. The molecule has 0 unspecified atom stereocenters. The zero-order chi connectivity index (χ0) is 9.42. The van der Waals surface area contributed by atoms with Crippen LogP contribution in [0.2, 0.25) is 0 Å². The van der Waals surface area contributed by atoms with Crippen molar-refractivity contribution in [1.29, 1.82) is 0 Å². The van der Waals surface area contributed by atoms with Gasteiger partial charge >= 0.3 is 0 Å². The lowest BCUT2D eigenvalue weighted by atomic mass is 10.1. The van der Waals surface area contributed by atoms with Crippen molar-refractivity contribution in [2.75, 3.05) is 5.73 Å². The first-order valence-electron chi connectivity index (χ1n) is 3.74. The molecule has 0 bridgehead atoms. The Morgan fingerprint density at radius 3 is 2.85 bits per heavy atom. The average Bonchev–Trinajstić information content (AvgIpc) is 2.48. The number of rotatable bonds is 1. The van der Waals surface area contributed by atoms with Crippen LogP contribution in [0.25, 0.3) is 10.1 Å². The van der Waals surface area contributed by atoms with E-state index in [4.69, 9.17) is 5.73 Å². The fraction of sp³-hybridized carbons (Fsp3) is 0.111. The van der Waals surface area contributed by atoms with Gasteiger partial charge in [0.15, 0.2) is 0 Å². The van der Waals surface area contributed by atoms with Gasteiger partial charge in [-0.1, -0.05) is 22.0 Å². The molecule has 2 N–H and O–H groups in total. The van der Waals surface area contributed by atoms with Gasteiger partial charge in [-0.15, -0.1) is 11.3 Å². The van der Waals surface area contributed by atoms with E-state index in [1.54, 1.807) is 11.3 Å². The minimum absolute atomic E-state index is 0.849. The van der Waals surface area contributed by atoms with E-state index in [0.717, 1.165) is 20.2 Å². The van der Waals surface area contributed by atoms with Crippen LogP contribution in [-0.2, 0) is 5.33 Å². The van der Waals surface area contributed by atoms with Crippen LogP contribution in [0, 0.1) is 0 Å². The molecule has 1 heterocycles. The van der Waals surface area contributed by atoms with E-state index in [2.05, 4.69) is 44.0 Å². The normalized spacial score (nSPS) is 10.9. The largest absolute Gasteiger partial charge is 0.398 e. The van der Waals surface area contributed by atoms with Crippen molar-refractivity contribution in [2.45, 2.75) is 5.33 Å². The number of fused-ring (bicyclic) bond motifs is 1. The maximum absolute atomic E-state index is 5.86. The number of alkyl halides is 1. The molecule has 0 aliphatic rings. The maximum atomic E-state index is 5.86. The number of anilines is 1. The molecule has 0 aliphatic heterocycles. The number of halogens is 2. The summed E-state index contributed by atoms with van der Waals surface area (Å²) in [4.78, 5) is 0. The number of benzene rings is 1. The molecule has 0 aliphatic carbocycles. The molecular formula is C9H7Br2NS. The predicted molar refractivity (Wildman–Crippen MR) is 66.6 cm³/mol. The van der Waals surface area contributed by atoms with Crippen molar-refractivity contribution in [3.63, 3.8) is 0 Å². The fourth-order valence-electron chi connectivity index (χ4n) is 1.27. The molecule has 0 atom stereocenters. The van der Waals surface area contributed by atoms with Gasteiger partial charge in [0, 0.05) is 21.1 Å². The van der Waals surface area contributed by atoms with E-state index in [9.17, 15) is 0 Å². The van der Waals surface area contributed by atoms with Crippen molar-refractivity contribution in [2.24, 2.45) is 0 Å². The second-order valence-electron chi connectivity index (χ2n) is 2.74. The van der Waals surface area contributed by atoms with E-state index in [1.165, 1.54) is 10.3 Å². The quantitative estimate of drug-likeness (QED) is 0.620. The number of nitrogens with two attached hydrogens (primary N) is 1. The molecule has 68 valence electrons. The highest BCUT2D eigenvalue weighted by Gasteiger charge is 2.06. The minimum atomic E-state index is 0.849. The lowest BCUT2D eigenvalue weighted by Crippen LogP contribution is -1.86. The van der Waals surface area contributed by atoms with Crippen LogP contribution < -0.4 is 5.73 Å². The first-order valence-corrected chi connectivity index (χ1v) is 6.48. The van der Waals surface area contributed by atoms with E-state index < -0.39 is 0 Å². The van der Waals surface area contributed by atoms with Gasteiger partial charge in [0.2, 0.25) is 0 Å². The van der Waals surface area contributed by atoms with Crippen LogP contribution in [0.4, 0.5) is 5.69 Å². The SMILES string of the molecule is Nc1ccc(CBr)c2sc(Br)cc12. The van der Waals surface area contributed by atoms with Gasteiger partial charge in [0.1, 0.15) is 0 Å². The first kappa shape index (κ1) is 9.49. The number of nitrogen functional groups attached to an aromatic ring is 1. The van der Waals surface area contributed by atoms with E-state index in [-0.39, 0.29) is 0 Å². The van der Waals surface area contributed by atoms with Crippen LogP contribution in [0.1, 0.15) is 5.56 Å². The Kier molecular flexibility index (Phi) is 2.62. The molecule has 0 fully saturated rings. The summed E-state index contributed by atoms with van der Waals surface area (Å²) in [6.45, 7) is 0. The molecule has 0 spiro atoms. The van der Waals surface area contributed by atoms with Crippen LogP contribution >= 0.6 is 43.2 Å². The van der Waals surface area contributed by atoms with Gasteiger partial charge < -0.3 is 5.73 Å². The standard InChI is InChI=1S/C9H7Br2NS/c10-4-5-1-2-7(12)6-3-8(11)13-9(5)6/h1-3H,4,12H2. The second kappa shape index (κ2) is 3.59. The van der Waals surface area contributed by atoms with Crippen molar-refractivity contribution in [1.82, 2.24) is 0 Å². The summed E-state index contributed by atoms with van der Waals surface area (Å²) in [5.74, 6) is 0. The minimum Gasteiger partial charge on any atom is -0.398 e. The molecule has 13 heavy (non-hydrogen) atoms. The summed E-state index contributed by atoms with van der Waals surface area (Å²) in [5.41, 5.74) is 8.00. The Morgan fingerprint density at radius 1 is 1.38 bits per heavy atom.